The highest BCUT2D eigenvalue weighted by Crippen LogP contribution is 2.24. The van der Waals surface area contributed by atoms with Gasteiger partial charge in [0.1, 0.15) is 5.78 Å². The molecule has 0 bridgehead atoms. The average molecular weight is 229 g/mol. The van der Waals surface area contributed by atoms with Gasteiger partial charge in [-0.2, -0.15) is 0 Å². The van der Waals surface area contributed by atoms with Gasteiger partial charge in [-0.05, 0) is 12.1 Å². The Morgan fingerprint density at radius 1 is 1.43 bits per heavy atom. The molecule has 0 aliphatic heterocycles. The van der Waals surface area contributed by atoms with Crippen molar-refractivity contribution in [1.29, 1.82) is 0 Å². The molecule has 1 atom stereocenters. The number of Topliss-reactive ketones (excluding diaryl/α,β-unsaturated/α-hetero) is 1. The second kappa shape index (κ2) is 6.10. The van der Waals surface area contributed by atoms with Gasteiger partial charge in [0, 0.05) is 16.6 Å². The van der Waals surface area contributed by atoms with E-state index in [9.17, 15) is 4.79 Å². The fourth-order valence-corrected chi connectivity index (χ4v) is 2.31. The van der Waals surface area contributed by atoms with Gasteiger partial charge in [0.25, 0.3) is 0 Å². The average Bonchev–Trinajstić information content (AvgIpc) is 2.19. The number of ketones is 1. The summed E-state index contributed by atoms with van der Waals surface area (Å²) in [7, 11) is 0. The highest BCUT2D eigenvalue weighted by atomic mass is 35.5. The first kappa shape index (κ1) is 11.6. The van der Waals surface area contributed by atoms with E-state index >= 15 is 0 Å². The standard InChI is InChI=1S/C11H13ClOS/c1-9(7-10(13)8-12)14-11-5-3-2-4-6-11/h2-6,9H,7-8H2,1H3. The van der Waals surface area contributed by atoms with Crippen LogP contribution < -0.4 is 0 Å². The Hall–Kier alpha value is -0.470. The first-order valence-corrected chi connectivity index (χ1v) is 5.93. The number of benzene rings is 1. The Balaban J connectivity index is 2.41. The van der Waals surface area contributed by atoms with E-state index in [0.29, 0.717) is 11.7 Å². The minimum absolute atomic E-state index is 0.114. The highest BCUT2D eigenvalue weighted by Gasteiger charge is 2.08. The Morgan fingerprint density at radius 2 is 2.07 bits per heavy atom. The van der Waals surface area contributed by atoms with Gasteiger partial charge in [-0.3, -0.25) is 4.79 Å². The van der Waals surface area contributed by atoms with Gasteiger partial charge in [0.2, 0.25) is 0 Å². The van der Waals surface area contributed by atoms with Crippen LogP contribution in [-0.4, -0.2) is 16.9 Å². The third-order valence-electron chi connectivity index (χ3n) is 1.74. The molecule has 1 nitrogen and oxygen atoms in total. The van der Waals surface area contributed by atoms with Crippen LogP contribution in [0.1, 0.15) is 13.3 Å². The van der Waals surface area contributed by atoms with Gasteiger partial charge in [0.15, 0.2) is 0 Å². The zero-order valence-corrected chi connectivity index (χ0v) is 9.65. The third-order valence-corrected chi connectivity index (χ3v) is 3.16. The third kappa shape index (κ3) is 4.16. The fourth-order valence-electron chi connectivity index (χ4n) is 1.15. The molecule has 1 rings (SSSR count). The monoisotopic (exact) mass is 228 g/mol. The molecule has 0 amide bonds. The number of thioether (sulfide) groups is 1. The first-order valence-electron chi connectivity index (χ1n) is 4.51. The maximum atomic E-state index is 11.1. The second-order valence-corrected chi connectivity index (χ2v) is 4.90. The van der Waals surface area contributed by atoms with Crippen LogP contribution in [0.3, 0.4) is 0 Å². The molecule has 0 saturated heterocycles. The predicted octanol–water partition coefficient (Wildman–Crippen LogP) is 3.37. The molecule has 0 radical (unpaired) electrons. The van der Waals surface area contributed by atoms with E-state index in [1.54, 1.807) is 11.8 Å². The minimum Gasteiger partial charge on any atom is -0.298 e. The largest absolute Gasteiger partial charge is 0.298 e. The van der Waals surface area contributed by atoms with E-state index in [4.69, 9.17) is 11.6 Å². The SMILES string of the molecule is CC(CC(=O)CCl)Sc1ccccc1. The molecule has 1 unspecified atom stereocenters. The molecule has 0 saturated carbocycles. The lowest BCUT2D eigenvalue weighted by molar-refractivity contribution is -0.116. The molecule has 1 aromatic rings. The van der Waals surface area contributed by atoms with Crippen LogP contribution in [0.5, 0.6) is 0 Å². The molecule has 0 aliphatic carbocycles. The number of hydrogen-bond acceptors (Lipinski definition) is 2. The van der Waals surface area contributed by atoms with Crippen molar-refractivity contribution in [2.75, 3.05) is 5.88 Å². The summed E-state index contributed by atoms with van der Waals surface area (Å²) in [5.41, 5.74) is 0. The van der Waals surface area contributed by atoms with Gasteiger partial charge in [-0.15, -0.1) is 23.4 Å². The molecule has 1 aromatic carbocycles. The summed E-state index contributed by atoms with van der Waals surface area (Å²) < 4.78 is 0. The van der Waals surface area contributed by atoms with Crippen molar-refractivity contribution in [3.8, 4) is 0 Å². The maximum Gasteiger partial charge on any atom is 0.148 e. The van der Waals surface area contributed by atoms with Crippen LogP contribution in [0.25, 0.3) is 0 Å². The van der Waals surface area contributed by atoms with Gasteiger partial charge in [-0.1, -0.05) is 25.1 Å². The summed E-state index contributed by atoms with van der Waals surface area (Å²) >= 11 is 7.15. The molecule has 0 aliphatic rings. The molecule has 0 spiro atoms. The summed E-state index contributed by atoms with van der Waals surface area (Å²) in [6.07, 6.45) is 0.545. The van der Waals surface area contributed by atoms with Crippen molar-refractivity contribution in [3.63, 3.8) is 0 Å². The predicted molar refractivity (Wildman–Crippen MR) is 62.1 cm³/mol. The molecule has 0 N–H and O–H groups in total. The maximum absolute atomic E-state index is 11.1. The number of hydrogen-bond donors (Lipinski definition) is 0. The number of carbonyl (C=O) groups is 1. The van der Waals surface area contributed by atoms with Crippen LogP contribution in [0.15, 0.2) is 35.2 Å². The first-order chi connectivity index (χ1) is 6.72. The number of alkyl halides is 1. The summed E-state index contributed by atoms with van der Waals surface area (Å²) in [5.74, 6) is 0.238. The van der Waals surface area contributed by atoms with Gasteiger partial charge in [-0.25, -0.2) is 0 Å². The van der Waals surface area contributed by atoms with Crippen LogP contribution in [0, 0.1) is 0 Å². The van der Waals surface area contributed by atoms with E-state index in [2.05, 4.69) is 0 Å². The smallest absolute Gasteiger partial charge is 0.148 e. The molecular weight excluding hydrogens is 216 g/mol. The van der Waals surface area contributed by atoms with Crippen molar-refractivity contribution in [2.24, 2.45) is 0 Å². The molecule has 76 valence electrons. The Bertz CT molecular complexity index is 287. The van der Waals surface area contributed by atoms with E-state index in [1.807, 2.05) is 37.3 Å². The summed E-state index contributed by atoms with van der Waals surface area (Å²) in [6, 6.07) is 10.1. The normalized spacial score (nSPS) is 12.4. The van der Waals surface area contributed by atoms with Gasteiger partial charge >= 0.3 is 0 Å². The van der Waals surface area contributed by atoms with Crippen molar-refractivity contribution >= 4 is 29.1 Å². The zero-order chi connectivity index (χ0) is 10.4. The molecule has 0 fully saturated rings. The number of halogens is 1. The van der Waals surface area contributed by atoms with Crippen molar-refractivity contribution in [1.82, 2.24) is 0 Å². The summed E-state index contributed by atoms with van der Waals surface area (Å²) in [4.78, 5) is 12.3. The van der Waals surface area contributed by atoms with E-state index in [1.165, 1.54) is 4.90 Å². The summed E-state index contributed by atoms with van der Waals surface area (Å²) in [5, 5.41) is 0.295. The minimum atomic E-state index is 0.114. The van der Waals surface area contributed by atoms with Gasteiger partial charge < -0.3 is 0 Å². The van der Waals surface area contributed by atoms with E-state index in [-0.39, 0.29) is 11.7 Å². The van der Waals surface area contributed by atoms with E-state index in [0.717, 1.165) is 0 Å². The quantitative estimate of drug-likeness (QED) is 0.568. The Morgan fingerprint density at radius 3 is 2.64 bits per heavy atom. The van der Waals surface area contributed by atoms with Crippen LogP contribution >= 0.6 is 23.4 Å². The molecule has 0 heterocycles. The van der Waals surface area contributed by atoms with Gasteiger partial charge in [0.05, 0.1) is 5.88 Å². The molecule has 0 aromatic heterocycles. The lowest BCUT2D eigenvalue weighted by Crippen LogP contribution is -2.07. The zero-order valence-electron chi connectivity index (χ0n) is 8.07. The Kier molecular flexibility index (Phi) is 5.05. The molecule has 14 heavy (non-hydrogen) atoms. The highest BCUT2D eigenvalue weighted by molar-refractivity contribution is 8.00. The molecule has 3 heteroatoms. The lowest BCUT2D eigenvalue weighted by Gasteiger charge is -2.08. The van der Waals surface area contributed by atoms with Crippen molar-refractivity contribution < 1.29 is 4.79 Å². The van der Waals surface area contributed by atoms with Crippen molar-refractivity contribution in [3.05, 3.63) is 30.3 Å². The summed E-state index contributed by atoms with van der Waals surface area (Å²) in [6.45, 7) is 2.04. The molecular formula is C11H13ClOS. The fraction of sp³-hybridized carbons (Fsp3) is 0.364. The topological polar surface area (TPSA) is 17.1 Å². The van der Waals surface area contributed by atoms with Crippen LogP contribution in [0.4, 0.5) is 0 Å². The van der Waals surface area contributed by atoms with Crippen LogP contribution in [-0.2, 0) is 4.79 Å². The number of rotatable bonds is 5. The van der Waals surface area contributed by atoms with Crippen LogP contribution in [0.2, 0.25) is 0 Å². The Labute approximate surface area is 93.8 Å². The number of carbonyl (C=O) groups excluding carboxylic acids is 1. The van der Waals surface area contributed by atoms with Crippen molar-refractivity contribution in [2.45, 2.75) is 23.5 Å². The lowest BCUT2D eigenvalue weighted by atomic mass is 10.2. The van der Waals surface area contributed by atoms with E-state index < -0.39 is 0 Å². The second-order valence-electron chi connectivity index (χ2n) is 3.12.